The summed E-state index contributed by atoms with van der Waals surface area (Å²) in [5.74, 6) is -0.969. The number of anilines is 1. The van der Waals surface area contributed by atoms with Crippen LogP contribution in [0.1, 0.15) is 36.5 Å². The number of nitrogens with one attached hydrogen (secondary N) is 1. The first-order valence-electron chi connectivity index (χ1n) is 6.03. The van der Waals surface area contributed by atoms with E-state index in [1.807, 2.05) is 0 Å². The Labute approximate surface area is 109 Å². The molecule has 2 rings (SSSR count). The normalized spacial score (nSPS) is 16.5. The van der Waals surface area contributed by atoms with Crippen molar-refractivity contribution in [3.05, 3.63) is 27.9 Å². The standard InChI is InChI=1S/C12H15N3O4/c1-12(3-2-4-12)7-14-10-5-8(11(16)17)9(6-13-10)15(18)19/h5-6H,2-4,7H2,1H3,(H,13,14)(H,16,17). The molecule has 1 fully saturated rings. The van der Waals surface area contributed by atoms with E-state index in [-0.39, 0.29) is 11.0 Å². The molecule has 7 heteroatoms. The molecular formula is C12H15N3O4. The minimum Gasteiger partial charge on any atom is -0.477 e. The number of nitro groups is 1. The Morgan fingerprint density at radius 1 is 1.63 bits per heavy atom. The van der Waals surface area contributed by atoms with E-state index in [0.717, 1.165) is 19.0 Å². The van der Waals surface area contributed by atoms with Gasteiger partial charge in [-0.15, -0.1) is 0 Å². The molecule has 0 spiro atoms. The smallest absolute Gasteiger partial charge is 0.342 e. The van der Waals surface area contributed by atoms with E-state index in [1.54, 1.807) is 0 Å². The number of carboxylic acids is 1. The number of carbonyl (C=O) groups is 1. The highest BCUT2D eigenvalue weighted by Gasteiger charge is 2.31. The molecule has 0 aromatic carbocycles. The van der Waals surface area contributed by atoms with Crippen molar-refractivity contribution < 1.29 is 14.8 Å². The lowest BCUT2D eigenvalue weighted by Gasteiger charge is -2.38. The molecule has 0 saturated heterocycles. The average Bonchev–Trinajstić information content (AvgIpc) is 2.33. The highest BCUT2D eigenvalue weighted by molar-refractivity contribution is 5.93. The van der Waals surface area contributed by atoms with Crippen LogP contribution in [-0.4, -0.2) is 27.5 Å². The van der Waals surface area contributed by atoms with Gasteiger partial charge in [-0.2, -0.15) is 0 Å². The third-order valence-corrected chi connectivity index (χ3v) is 3.57. The zero-order valence-electron chi connectivity index (χ0n) is 10.5. The second-order valence-corrected chi connectivity index (χ2v) is 5.17. The van der Waals surface area contributed by atoms with Crippen molar-refractivity contribution in [2.45, 2.75) is 26.2 Å². The number of carboxylic acid groups (broad SMARTS) is 1. The number of hydrogen-bond donors (Lipinski definition) is 2. The van der Waals surface area contributed by atoms with Gasteiger partial charge < -0.3 is 10.4 Å². The maximum atomic E-state index is 11.0. The van der Waals surface area contributed by atoms with Gasteiger partial charge in [-0.25, -0.2) is 9.78 Å². The summed E-state index contributed by atoms with van der Waals surface area (Å²) in [6.07, 6.45) is 4.43. The van der Waals surface area contributed by atoms with Gasteiger partial charge in [-0.05, 0) is 18.3 Å². The highest BCUT2D eigenvalue weighted by Crippen LogP contribution is 2.40. The van der Waals surface area contributed by atoms with Crippen LogP contribution in [0.5, 0.6) is 0 Å². The number of nitrogens with zero attached hydrogens (tertiary/aromatic N) is 2. The molecule has 1 heterocycles. The highest BCUT2D eigenvalue weighted by atomic mass is 16.6. The fraction of sp³-hybridized carbons (Fsp3) is 0.500. The van der Waals surface area contributed by atoms with Crippen molar-refractivity contribution in [1.29, 1.82) is 0 Å². The molecule has 0 atom stereocenters. The molecule has 19 heavy (non-hydrogen) atoms. The third kappa shape index (κ3) is 2.81. The third-order valence-electron chi connectivity index (χ3n) is 3.57. The predicted octanol–water partition coefficient (Wildman–Crippen LogP) is 2.29. The maximum absolute atomic E-state index is 11.0. The number of aromatic carboxylic acids is 1. The predicted molar refractivity (Wildman–Crippen MR) is 68.3 cm³/mol. The largest absolute Gasteiger partial charge is 0.477 e. The SMILES string of the molecule is CC1(CNc2cc(C(=O)O)c([N+](=O)[O-])cn2)CCC1. The maximum Gasteiger partial charge on any atom is 0.342 e. The van der Waals surface area contributed by atoms with Crippen molar-refractivity contribution in [2.75, 3.05) is 11.9 Å². The molecule has 1 aliphatic carbocycles. The first-order chi connectivity index (χ1) is 8.91. The van der Waals surface area contributed by atoms with Gasteiger partial charge in [0, 0.05) is 12.6 Å². The van der Waals surface area contributed by atoms with E-state index in [2.05, 4.69) is 17.2 Å². The summed E-state index contributed by atoms with van der Waals surface area (Å²) in [5, 5.41) is 22.7. The lowest BCUT2D eigenvalue weighted by molar-refractivity contribution is -0.385. The monoisotopic (exact) mass is 265 g/mol. The van der Waals surface area contributed by atoms with Crippen LogP contribution >= 0.6 is 0 Å². The zero-order valence-corrected chi connectivity index (χ0v) is 10.5. The molecule has 102 valence electrons. The second kappa shape index (κ2) is 4.83. The van der Waals surface area contributed by atoms with E-state index in [0.29, 0.717) is 12.4 Å². The summed E-state index contributed by atoms with van der Waals surface area (Å²) in [4.78, 5) is 24.8. The minimum absolute atomic E-state index is 0.215. The Bertz CT molecular complexity index is 526. The van der Waals surface area contributed by atoms with Crippen molar-refractivity contribution in [3.63, 3.8) is 0 Å². The average molecular weight is 265 g/mol. The zero-order chi connectivity index (χ0) is 14.0. The summed E-state index contributed by atoms with van der Waals surface area (Å²) in [5.41, 5.74) is -0.624. The fourth-order valence-corrected chi connectivity index (χ4v) is 2.12. The quantitative estimate of drug-likeness (QED) is 0.625. The summed E-state index contributed by atoms with van der Waals surface area (Å²) in [6, 6.07) is 1.21. The van der Waals surface area contributed by atoms with Crippen LogP contribution in [0, 0.1) is 15.5 Å². The Morgan fingerprint density at radius 3 is 2.79 bits per heavy atom. The van der Waals surface area contributed by atoms with E-state index < -0.39 is 16.6 Å². The summed E-state index contributed by atoms with van der Waals surface area (Å²) in [6.45, 7) is 2.84. The van der Waals surface area contributed by atoms with Crippen molar-refractivity contribution in [3.8, 4) is 0 Å². The molecule has 2 N–H and O–H groups in total. The number of hydrogen-bond acceptors (Lipinski definition) is 5. The van der Waals surface area contributed by atoms with Crippen LogP contribution in [0.25, 0.3) is 0 Å². The molecule has 1 saturated carbocycles. The van der Waals surface area contributed by atoms with E-state index in [1.165, 1.54) is 12.5 Å². The van der Waals surface area contributed by atoms with Gasteiger partial charge in [-0.1, -0.05) is 13.3 Å². The van der Waals surface area contributed by atoms with Crippen LogP contribution in [0.2, 0.25) is 0 Å². The van der Waals surface area contributed by atoms with Crippen LogP contribution in [-0.2, 0) is 0 Å². The Morgan fingerprint density at radius 2 is 2.32 bits per heavy atom. The molecule has 1 aromatic heterocycles. The lowest BCUT2D eigenvalue weighted by Crippen LogP contribution is -2.33. The van der Waals surface area contributed by atoms with Gasteiger partial charge in [0.15, 0.2) is 0 Å². The number of aromatic nitrogens is 1. The van der Waals surface area contributed by atoms with Gasteiger partial charge in [0.25, 0.3) is 0 Å². The van der Waals surface area contributed by atoms with Gasteiger partial charge >= 0.3 is 11.7 Å². The van der Waals surface area contributed by atoms with Crippen LogP contribution < -0.4 is 5.32 Å². The van der Waals surface area contributed by atoms with Gasteiger partial charge in [-0.3, -0.25) is 10.1 Å². The Kier molecular flexibility index (Phi) is 3.37. The Balaban J connectivity index is 2.16. The molecule has 1 aliphatic rings. The Hall–Kier alpha value is -2.18. The molecule has 0 unspecified atom stereocenters. The molecule has 0 radical (unpaired) electrons. The fourth-order valence-electron chi connectivity index (χ4n) is 2.12. The first-order valence-corrected chi connectivity index (χ1v) is 6.03. The van der Waals surface area contributed by atoms with E-state index in [4.69, 9.17) is 5.11 Å². The van der Waals surface area contributed by atoms with Crippen molar-refractivity contribution in [1.82, 2.24) is 4.98 Å². The molecule has 1 aromatic rings. The molecular weight excluding hydrogens is 250 g/mol. The van der Waals surface area contributed by atoms with Crippen LogP contribution in [0.4, 0.5) is 11.5 Å². The minimum atomic E-state index is -1.33. The van der Waals surface area contributed by atoms with Gasteiger partial charge in [0.05, 0.1) is 4.92 Å². The topological polar surface area (TPSA) is 105 Å². The molecule has 7 nitrogen and oxygen atoms in total. The lowest BCUT2D eigenvalue weighted by atomic mass is 9.70. The summed E-state index contributed by atoms with van der Waals surface area (Å²) < 4.78 is 0. The molecule has 0 amide bonds. The first kappa shape index (κ1) is 13.3. The summed E-state index contributed by atoms with van der Waals surface area (Å²) >= 11 is 0. The van der Waals surface area contributed by atoms with Crippen molar-refractivity contribution in [2.24, 2.45) is 5.41 Å². The second-order valence-electron chi connectivity index (χ2n) is 5.17. The number of pyridine rings is 1. The number of rotatable bonds is 5. The summed E-state index contributed by atoms with van der Waals surface area (Å²) in [7, 11) is 0. The van der Waals surface area contributed by atoms with Crippen LogP contribution in [0.15, 0.2) is 12.3 Å². The molecule has 0 bridgehead atoms. The van der Waals surface area contributed by atoms with E-state index >= 15 is 0 Å². The van der Waals surface area contributed by atoms with Crippen molar-refractivity contribution >= 4 is 17.5 Å². The van der Waals surface area contributed by atoms with E-state index in [9.17, 15) is 14.9 Å². The van der Waals surface area contributed by atoms with Gasteiger partial charge in [0.2, 0.25) is 0 Å². The molecule has 0 aliphatic heterocycles. The van der Waals surface area contributed by atoms with Gasteiger partial charge in [0.1, 0.15) is 17.6 Å². The van der Waals surface area contributed by atoms with Crippen LogP contribution in [0.3, 0.4) is 0 Å².